The molecule has 2 aromatic rings. The zero-order valence-corrected chi connectivity index (χ0v) is 16.1. The van der Waals surface area contributed by atoms with Gasteiger partial charge in [0.15, 0.2) is 9.84 Å². The Morgan fingerprint density at radius 1 is 1.00 bits per heavy atom. The largest absolute Gasteiger partial charge is 0.243 e. The molecule has 1 saturated heterocycles. The first-order valence-electron chi connectivity index (χ1n) is 8.41. The van der Waals surface area contributed by atoms with Gasteiger partial charge in [0.25, 0.3) is 0 Å². The molecule has 1 unspecified atom stereocenters. The van der Waals surface area contributed by atoms with Crippen LogP contribution < -0.4 is 0 Å². The van der Waals surface area contributed by atoms with Crippen molar-refractivity contribution in [3.63, 3.8) is 0 Å². The minimum atomic E-state index is -3.71. The van der Waals surface area contributed by atoms with E-state index in [-0.39, 0.29) is 23.9 Å². The van der Waals surface area contributed by atoms with E-state index < -0.39 is 25.1 Å². The van der Waals surface area contributed by atoms with Crippen LogP contribution in [0.25, 0.3) is 10.8 Å². The smallest absolute Gasteiger partial charge is 0.229 e. The van der Waals surface area contributed by atoms with E-state index in [0.29, 0.717) is 6.42 Å². The molecule has 1 fully saturated rings. The molecule has 1 aliphatic rings. The third-order valence-electron chi connectivity index (χ3n) is 4.92. The van der Waals surface area contributed by atoms with Crippen molar-refractivity contribution in [2.24, 2.45) is 5.92 Å². The Morgan fingerprint density at radius 3 is 2.32 bits per heavy atom. The molecule has 7 heteroatoms. The maximum atomic E-state index is 13.0. The van der Waals surface area contributed by atoms with Gasteiger partial charge in [0.2, 0.25) is 10.0 Å². The Kier molecular flexibility index (Phi) is 4.92. The molecule has 0 N–H and O–H groups in total. The van der Waals surface area contributed by atoms with E-state index in [1.165, 1.54) is 10.6 Å². The summed E-state index contributed by atoms with van der Waals surface area (Å²) >= 11 is 0. The third kappa shape index (κ3) is 3.59. The summed E-state index contributed by atoms with van der Waals surface area (Å²) in [4.78, 5) is 0.218. The Hall–Kier alpha value is -1.44. The Bertz CT molecular complexity index is 983. The minimum Gasteiger partial charge on any atom is -0.229 e. The highest BCUT2D eigenvalue weighted by atomic mass is 32.2. The Morgan fingerprint density at radius 2 is 1.68 bits per heavy atom. The first kappa shape index (κ1) is 18.4. The van der Waals surface area contributed by atoms with Gasteiger partial charge >= 0.3 is 0 Å². The average molecular weight is 382 g/mol. The van der Waals surface area contributed by atoms with Gasteiger partial charge in [0, 0.05) is 19.3 Å². The van der Waals surface area contributed by atoms with Crippen molar-refractivity contribution in [3.05, 3.63) is 42.5 Å². The number of hydrogen-bond acceptors (Lipinski definition) is 4. The maximum Gasteiger partial charge on any atom is 0.243 e. The topological polar surface area (TPSA) is 71.5 Å². The number of benzene rings is 2. The van der Waals surface area contributed by atoms with Crippen molar-refractivity contribution in [2.45, 2.75) is 29.9 Å². The van der Waals surface area contributed by atoms with Gasteiger partial charge in [-0.3, -0.25) is 0 Å². The van der Waals surface area contributed by atoms with Crippen LogP contribution in [0.5, 0.6) is 0 Å². The molecule has 0 aromatic heterocycles. The lowest BCUT2D eigenvalue weighted by molar-refractivity contribution is 0.444. The van der Waals surface area contributed by atoms with Gasteiger partial charge in [-0.15, -0.1) is 0 Å². The van der Waals surface area contributed by atoms with Crippen LogP contribution >= 0.6 is 0 Å². The monoisotopic (exact) mass is 381 g/mol. The van der Waals surface area contributed by atoms with Crippen molar-refractivity contribution < 1.29 is 16.8 Å². The first-order valence-corrected chi connectivity index (χ1v) is 11.8. The van der Waals surface area contributed by atoms with E-state index in [1.54, 1.807) is 18.2 Å². The van der Waals surface area contributed by atoms with Crippen molar-refractivity contribution in [3.8, 4) is 0 Å². The van der Waals surface area contributed by atoms with E-state index in [9.17, 15) is 16.8 Å². The fourth-order valence-electron chi connectivity index (χ4n) is 3.61. The molecule has 0 radical (unpaired) electrons. The summed E-state index contributed by atoms with van der Waals surface area (Å²) in [6.07, 6.45) is 2.74. The highest BCUT2D eigenvalue weighted by Gasteiger charge is 2.43. The summed E-state index contributed by atoms with van der Waals surface area (Å²) in [5.41, 5.74) is 0. The van der Waals surface area contributed by atoms with Crippen LogP contribution in [-0.4, -0.2) is 45.7 Å². The van der Waals surface area contributed by atoms with Gasteiger partial charge in [-0.05, 0) is 35.2 Å². The minimum absolute atomic E-state index is 0.0403. The summed E-state index contributed by atoms with van der Waals surface area (Å²) in [5.74, 6) is -0.143. The molecule has 1 aliphatic heterocycles. The molecule has 3 rings (SSSR count). The molecule has 25 heavy (non-hydrogen) atoms. The second kappa shape index (κ2) is 6.70. The fourth-order valence-corrected chi connectivity index (χ4v) is 6.63. The van der Waals surface area contributed by atoms with Gasteiger partial charge in [0.05, 0.1) is 10.1 Å². The zero-order chi connectivity index (χ0) is 18.2. The predicted molar refractivity (Wildman–Crippen MR) is 99.7 cm³/mol. The molecule has 0 aliphatic carbocycles. The molecule has 1 heterocycles. The number of sulfone groups is 1. The Labute approximate surface area is 149 Å². The van der Waals surface area contributed by atoms with Crippen LogP contribution in [0.1, 0.15) is 19.8 Å². The lowest BCUT2D eigenvalue weighted by Gasteiger charge is -2.16. The van der Waals surface area contributed by atoms with Crippen LogP contribution in [0.3, 0.4) is 0 Å². The van der Waals surface area contributed by atoms with E-state index in [4.69, 9.17) is 0 Å². The van der Waals surface area contributed by atoms with Crippen LogP contribution in [0.15, 0.2) is 47.4 Å². The highest BCUT2D eigenvalue weighted by molar-refractivity contribution is 7.91. The van der Waals surface area contributed by atoms with E-state index in [1.807, 2.05) is 31.2 Å². The molecular formula is C18H23NO4S2. The molecule has 136 valence electrons. The van der Waals surface area contributed by atoms with Crippen molar-refractivity contribution >= 4 is 30.6 Å². The van der Waals surface area contributed by atoms with Crippen molar-refractivity contribution in [2.75, 3.05) is 19.3 Å². The molecule has 0 saturated carbocycles. The molecule has 2 aromatic carbocycles. The number of fused-ring (bicyclic) bond motifs is 1. The molecule has 0 spiro atoms. The van der Waals surface area contributed by atoms with E-state index in [0.717, 1.165) is 17.2 Å². The first-order chi connectivity index (χ1) is 11.7. The standard InChI is InChI=1S/C18H23NO4S2/c1-3-6-16-12-19(13-18(16)24(2,20)21)25(22,23)17-10-9-14-7-4-5-8-15(14)11-17/h4-5,7-11,16,18H,3,6,12-13H2,1-2H3/t16-,18?/m1/s1. The summed E-state index contributed by atoms with van der Waals surface area (Å²) < 4.78 is 51.6. The zero-order valence-electron chi connectivity index (χ0n) is 14.4. The molecular weight excluding hydrogens is 358 g/mol. The number of rotatable bonds is 5. The summed E-state index contributed by atoms with van der Waals surface area (Å²) in [7, 11) is -7.00. The molecule has 5 nitrogen and oxygen atoms in total. The van der Waals surface area contributed by atoms with Gasteiger partial charge < -0.3 is 0 Å². The third-order valence-corrected chi connectivity index (χ3v) is 8.38. The van der Waals surface area contributed by atoms with Crippen LogP contribution in [0.2, 0.25) is 0 Å². The van der Waals surface area contributed by atoms with Crippen molar-refractivity contribution in [1.82, 2.24) is 4.31 Å². The maximum absolute atomic E-state index is 13.0. The van der Waals surface area contributed by atoms with Crippen LogP contribution in [-0.2, 0) is 19.9 Å². The number of hydrogen-bond donors (Lipinski definition) is 0. The number of sulfonamides is 1. The second-order valence-electron chi connectivity index (χ2n) is 6.75. The second-order valence-corrected chi connectivity index (χ2v) is 11.0. The van der Waals surface area contributed by atoms with E-state index in [2.05, 4.69) is 0 Å². The summed E-state index contributed by atoms with van der Waals surface area (Å²) in [5, 5.41) is 1.20. The predicted octanol–water partition coefficient (Wildman–Crippen LogP) is 2.67. The SMILES string of the molecule is CCC[C@@H]1CN(S(=O)(=O)c2ccc3ccccc3c2)CC1S(C)(=O)=O. The lowest BCUT2D eigenvalue weighted by Crippen LogP contribution is -2.32. The quantitative estimate of drug-likeness (QED) is 0.798. The van der Waals surface area contributed by atoms with Gasteiger partial charge in [-0.2, -0.15) is 4.31 Å². The Balaban J connectivity index is 1.96. The van der Waals surface area contributed by atoms with E-state index >= 15 is 0 Å². The van der Waals surface area contributed by atoms with Crippen molar-refractivity contribution in [1.29, 1.82) is 0 Å². The summed E-state index contributed by atoms with van der Waals surface area (Å²) in [6.45, 7) is 2.29. The molecule has 0 amide bonds. The average Bonchev–Trinajstić information content (AvgIpc) is 3.00. The summed E-state index contributed by atoms with van der Waals surface area (Å²) in [6, 6.07) is 12.6. The normalized spacial score (nSPS) is 22.5. The van der Waals surface area contributed by atoms with Gasteiger partial charge in [-0.1, -0.05) is 43.7 Å². The van der Waals surface area contributed by atoms with Gasteiger partial charge in [-0.25, -0.2) is 16.8 Å². The lowest BCUT2D eigenvalue weighted by atomic mass is 10.0. The highest BCUT2D eigenvalue weighted by Crippen LogP contribution is 2.31. The molecule has 2 atom stereocenters. The number of nitrogens with zero attached hydrogens (tertiary/aromatic N) is 1. The van der Waals surface area contributed by atoms with Crippen LogP contribution in [0, 0.1) is 5.92 Å². The van der Waals surface area contributed by atoms with Crippen LogP contribution in [0.4, 0.5) is 0 Å². The fraction of sp³-hybridized carbons (Fsp3) is 0.444. The molecule has 0 bridgehead atoms. The van der Waals surface area contributed by atoms with Gasteiger partial charge in [0.1, 0.15) is 0 Å².